The van der Waals surface area contributed by atoms with Crippen LogP contribution < -0.4 is 5.32 Å². The van der Waals surface area contributed by atoms with E-state index in [9.17, 15) is 0 Å². The Labute approximate surface area is 171 Å². The smallest absolute Gasteiger partial charge is 0.193 e. The van der Waals surface area contributed by atoms with Crippen LogP contribution in [0.3, 0.4) is 0 Å². The molecule has 1 aliphatic rings. The van der Waals surface area contributed by atoms with E-state index in [1.807, 2.05) is 0 Å². The standard InChI is InChI=1S/C19H26N4S.HI/c1-3-20-19(23-12-4-5-13-23)21-11-10-17-14-24-18(22-17)16-8-6-15(2)7-9-16;/h6-9,14H,3-5,10-13H2,1-2H3,(H,20,21);1H. The molecule has 1 aromatic carbocycles. The highest BCUT2D eigenvalue weighted by atomic mass is 127. The summed E-state index contributed by atoms with van der Waals surface area (Å²) < 4.78 is 0. The van der Waals surface area contributed by atoms with Gasteiger partial charge in [-0.1, -0.05) is 29.8 Å². The van der Waals surface area contributed by atoms with E-state index in [1.54, 1.807) is 11.3 Å². The molecule has 0 amide bonds. The summed E-state index contributed by atoms with van der Waals surface area (Å²) in [5.74, 6) is 1.06. The Balaban J connectivity index is 0.00000225. The van der Waals surface area contributed by atoms with Gasteiger partial charge < -0.3 is 10.2 Å². The van der Waals surface area contributed by atoms with Gasteiger partial charge in [0.1, 0.15) is 5.01 Å². The van der Waals surface area contributed by atoms with Gasteiger partial charge in [0.25, 0.3) is 0 Å². The van der Waals surface area contributed by atoms with Crippen LogP contribution >= 0.6 is 35.3 Å². The molecule has 3 rings (SSSR count). The van der Waals surface area contributed by atoms with Crippen molar-refractivity contribution in [3.63, 3.8) is 0 Å². The summed E-state index contributed by atoms with van der Waals surface area (Å²) in [5.41, 5.74) is 3.62. The SMILES string of the molecule is CCNC(=NCCc1csc(-c2ccc(C)cc2)n1)N1CCCC1.I. The van der Waals surface area contributed by atoms with Gasteiger partial charge in [0.05, 0.1) is 5.69 Å². The molecule has 25 heavy (non-hydrogen) atoms. The lowest BCUT2D eigenvalue weighted by molar-refractivity contribution is 0.494. The van der Waals surface area contributed by atoms with Gasteiger partial charge in [-0.05, 0) is 26.7 Å². The first-order valence-electron chi connectivity index (χ1n) is 8.81. The fourth-order valence-electron chi connectivity index (χ4n) is 2.88. The average Bonchev–Trinajstić information content (AvgIpc) is 3.27. The number of likely N-dealkylation sites (tertiary alicyclic amines) is 1. The predicted molar refractivity (Wildman–Crippen MR) is 118 cm³/mol. The molecular formula is C19H27IN4S. The molecule has 0 unspecified atom stereocenters. The number of halogens is 1. The number of hydrogen-bond acceptors (Lipinski definition) is 3. The molecule has 0 spiro atoms. The number of hydrogen-bond donors (Lipinski definition) is 1. The number of thiazole rings is 1. The van der Waals surface area contributed by atoms with E-state index in [4.69, 9.17) is 9.98 Å². The van der Waals surface area contributed by atoms with Gasteiger partial charge in [-0.2, -0.15) is 0 Å². The van der Waals surface area contributed by atoms with Crippen molar-refractivity contribution in [2.45, 2.75) is 33.1 Å². The average molecular weight is 470 g/mol. The summed E-state index contributed by atoms with van der Waals surface area (Å²) in [6, 6.07) is 8.57. The molecule has 1 N–H and O–H groups in total. The van der Waals surface area contributed by atoms with Crippen molar-refractivity contribution in [2.75, 3.05) is 26.2 Å². The van der Waals surface area contributed by atoms with Gasteiger partial charge in [-0.15, -0.1) is 35.3 Å². The van der Waals surface area contributed by atoms with E-state index in [0.717, 1.165) is 49.3 Å². The molecule has 1 fully saturated rings. The van der Waals surface area contributed by atoms with Crippen molar-refractivity contribution < 1.29 is 0 Å². The number of nitrogens with zero attached hydrogens (tertiary/aromatic N) is 3. The van der Waals surface area contributed by atoms with Crippen molar-refractivity contribution in [2.24, 2.45) is 4.99 Å². The van der Waals surface area contributed by atoms with Crippen LogP contribution in [0.2, 0.25) is 0 Å². The van der Waals surface area contributed by atoms with Gasteiger partial charge >= 0.3 is 0 Å². The van der Waals surface area contributed by atoms with E-state index in [1.165, 1.54) is 24.0 Å². The maximum atomic E-state index is 4.78. The second-order valence-electron chi connectivity index (χ2n) is 6.19. The number of aromatic nitrogens is 1. The number of aryl methyl sites for hydroxylation is 1. The fraction of sp³-hybridized carbons (Fsp3) is 0.474. The van der Waals surface area contributed by atoms with Crippen LogP contribution in [0.25, 0.3) is 10.6 Å². The largest absolute Gasteiger partial charge is 0.357 e. The summed E-state index contributed by atoms with van der Waals surface area (Å²) >= 11 is 1.72. The van der Waals surface area contributed by atoms with Crippen LogP contribution in [0, 0.1) is 6.92 Å². The number of benzene rings is 1. The van der Waals surface area contributed by atoms with E-state index in [0.29, 0.717) is 0 Å². The van der Waals surface area contributed by atoms with E-state index >= 15 is 0 Å². The number of rotatable bonds is 5. The van der Waals surface area contributed by atoms with Crippen LogP contribution in [0.1, 0.15) is 31.0 Å². The Hall–Kier alpha value is -1.15. The Morgan fingerprint density at radius 3 is 2.64 bits per heavy atom. The Morgan fingerprint density at radius 2 is 1.96 bits per heavy atom. The van der Waals surface area contributed by atoms with Crippen LogP contribution in [-0.2, 0) is 6.42 Å². The van der Waals surface area contributed by atoms with Crippen LogP contribution in [0.4, 0.5) is 0 Å². The van der Waals surface area contributed by atoms with Crippen molar-refractivity contribution in [1.29, 1.82) is 0 Å². The van der Waals surface area contributed by atoms with Gasteiger partial charge in [0.2, 0.25) is 0 Å². The highest BCUT2D eigenvalue weighted by Crippen LogP contribution is 2.24. The van der Waals surface area contributed by atoms with Crippen molar-refractivity contribution >= 4 is 41.3 Å². The zero-order valence-electron chi connectivity index (χ0n) is 15.0. The second-order valence-corrected chi connectivity index (χ2v) is 7.05. The third-order valence-electron chi connectivity index (χ3n) is 4.22. The topological polar surface area (TPSA) is 40.5 Å². The number of nitrogens with one attached hydrogen (secondary N) is 1. The monoisotopic (exact) mass is 470 g/mol. The lowest BCUT2D eigenvalue weighted by atomic mass is 10.2. The highest BCUT2D eigenvalue weighted by Gasteiger charge is 2.15. The zero-order chi connectivity index (χ0) is 16.8. The molecule has 2 heterocycles. The minimum absolute atomic E-state index is 0. The summed E-state index contributed by atoms with van der Waals surface area (Å²) in [5, 5.41) is 6.66. The first-order chi connectivity index (χ1) is 11.8. The minimum atomic E-state index is 0. The maximum absolute atomic E-state index is 4.78. The zero-order valence-corrected chi connectivity index (χ0v) is 18.1. The molecule has 0 aliphatic carbocycles. The molecular weight excluding hydrogens is 443 g/mol. The molecule has 0 bridgehead atoms. The molecule has 0 atom stereocenters. The third-order valence-corrected chi connectivity index (χ3v) is 5.16. The summed E-state index contributed by atoms with van der Waals surface area (Å²) in [7, 11) is 0. The lowest BCUT2D eigenvalue weighted by Gasteiger charge is -2.20. The van der Waals surface area contributed by atoms with Crippen LogP contribution in [0.15, 0.2) is 34.6 Å². The Bertz CT molecular complexity index is 675. The molecule has 2 aromatic rings. The van der Waals surface area contributed by atoms with Crippen LogP contribution in [0.5, 0.6) is 0 Å². The fourth-order valence-corrected chi connectivity index (χ4v) is 3.74. The predicted octanol–water partition coefficient (Wildman–Crippen LogP) is 4.34. The number of guanidine groups is 1. The van der Waals surface area contributed by atoms with Gasteiger partial charge in [-0.3, -0.25) is 4.99 Å². The number of aliphatic imine (C=N–C) groups is 1. The summed E-state index contributed by atoms with van der Waals surface area (Å²) in [4.78, 5) is 11.9. The van der Waals surface area contributed by atoms with E-state index < -0.39 is 0 Å². The molecule has 1 aliphatic heterocycles. The van der Waals surface area contributed by atoms with Crippen LogP contribution in [-0.4, -0.2) is 42.0 Å². The van der Waals surface area contributed by atoms with Gasteiger partial charge in [0.15, 0.2) is 5.96 Å². The van der Waals surface area contributed by atoms with Crippen molar-refractivity contribution in [3.8, 4) is 10.6 Å². The Morgan fingerprint density at radius 1 is 1.24 bits per heavy atom. The molecule has 1 aromatic heterocycles. The van der Waals surface area contributed by atoms with Crippen molar-refractivity contribution in [1.82, 2.24) is 15.2 Å². The van der Waals surface area contributed by atoms with Gasteiger partial charge in [-0.25, -0.2) is 4.98 Å². The molecule has 0 radical (unpaired) electrons. The van der Waals surface area contributed by atoms with E-state index in [2.05, 4.69) is 53.7 Å². The quantitative estimate of drug-likeness (QED) is 0.402. The summed E-state index contributed by atoms with van der Waals surface area (Å²) in [6.45, 7) is 8.19. The molecule has 136 valence electrons. The van der Waals surface area contributed by atoms with Crippen molar-refractivity contribution in [3.05, 3.63) is 40.9 Å². The molecule has 1 saturated heterocycles. The first kappa shape index (κ1) is 20.2. The normalized spacial score (nSPS) is 14.5. The second kappa shape index (κ2) is 10.1. The molecule has 4 nitrogen and oxygen atoms in total. The maximum Gasteiger partial charge on any atom is 0.193 e. The van der Waals surface area contributed by atoms with E-state index in [-0.39, 0.29) is 24.0 Å². The molecule has 6 heteroatoms. The lowest BCUT2D eigenvalue weighted by Crippen LogP contribution is -2.39. The minimum Gasteiger partial charge on any atom is -0.357 e. The first-order valence-corrected chi connectivity index (χ1v) is 9.69. The summed E-state index contributed by atoms with van der Waals surface area (Å²) in [6.07, 6.45) is 3.44. The third kappa shape index (κ3) is 5.67. The highest BCUT2D eigenvalue weighted by molar-refractivity contribution is 14.0. The molecule has 0 saturated carbocycles. The van der Waals surface area contributed by atoms with Gasteiger partial charge in [0, 0.05) is 43.5 Å². The Kier molecular flexibility index (Phi) is 8.15.